The van der Waals surface area contributed by atoms with Gasteiger partial charge in [0, 0.05) is 39.3 Å². The van der Waals surface area contributed by atoms with Crippen molar-refractivity contribution < 1.29 is 4.79 Å². The molecule has 0 spiro atoms. The van der Waals surface area contributed by atoms with Crippen molar-refractivity contribution in [1.82, 2.24) is 9.80 Å². The van der Waals surface area contributed by atoms with Crippen molar-refractivity contribution >= 4 is 5.78 Å². The first kappa shape index (κ1) is 19.3. The summed E-state index contributed by atoms with van der Waals surface area (Å²) in [6.07, 6.45) is 13.5. The average molecular weight is 316 g/mol. The first-order chi connectivity index (χ1) is 10.6. The Kier molecular flexibility index (Phi) is 6.86. The van der Waals surface area contributed by atoms with E-state index in [0.29, 0.717) is 5.92 Å². The number of ketones is 1. The Morgan fingerprint density at radius 3 is 1.57 bits per heavy atom. The third-order valence-corrected chi connectivity index (χ3v) is 4.10. The predicted molar refractivity (Wildman–Crippen MR) is 99.0 cm³/mol. The molecule has 1 rings (SSSR count). The van der Waals surface area contributed by atoms with E-state index in [4.69, 9.17) is 0 Å². The third-order valence-electron chi connectivity index (χ3n) is 4.10. The number of carbonyl (C=O) groups excluding carboxylic acids is 1. The zero-order valence-corrected chi connectivity index (χ0v) is 15.8. The van der Waals surface area contributed by atoms with Crippen molar-refractivity contribution in [2.45, 2.75) is 33.6 Å². The van der Waals surface area contributed by atoms with Crippen molar-refractivity contribution in [3.63, 3.8) is 0 Å². The second-order valence-corrected chi connectivity index (χ2v) is 7.79. The van der Waals surface area contributed by atoms with Crippen LogP contribution in [0.2, 0.25) is 0 Å². The summed E-state index contributed by atoms with van der Waals surface area (Å²) >= 11 is 0. The molecule has 128 valence electrons. The van der Waals surface area contributed by atoms with Gasteiger partial charge in [0.05, 0.1) is 0 Å². The molecule has 3 nitrogen and oxygen atoms in total. The molecule has 1 fully saturated rings. The standard InChI is InChI=1S/C20H32N2O/c1-20(2,3)18-14-16(10-8-12-21(4)5)19(23)17(15-18)11-9-13-22(6)7/h8-13,18H,14-15H2,1-7H3. The summed E-state index contributed by atoms with van der Waals surface area (Å²) < 4.78 is 0. The molecule has 23 heavy (non-hydrogen) atoms. The Labute approximate surface area is 142 Å². The lowest BCUT2D eigenvalue weighted by Gasteiger charge is -2.35. The number of rotatable bonds is 4. The molecule has 0 aromatic rings. The fraction of sp³-hybridized carbons (Fsp3) is 0.550. The van der Waals surface area contributed by atoms with Crippen LogP contribution in [0.5, 0.6) is 0 Å². The van der Waals surface area contributed by atoms with Gasteiger partial charge >= 0.3 is 0 Å². The van der Waals surface area contributed by atoms with Crippen LogP contribution < -0.4 is 0 Å². The van der Waals surface area contributed by atoms with Crippen LogP contribution in [-0.4, -0.2) is 43.8 Å². The van der Waals surface area contributed by atoms with Crippen molar-refractivity contribution in [3.05, 3.63) is 47.9 Å². The molecule has 0 aromatic carbocycles. The molecule has 0 unspecified atom stereocenters. The summed E-state index contributed by atoms with van der Waals surface area (Å²) in [7, 11) is 7.92. The fourth-order valence-electron chi connectivity index (χ4n) is 2.56. The van der Waals surface area contributed by atoms with Gasteiger partial charge in [-0.25, -0.2) is 0 Å². The van der Waals surface area contributed by atoms with E-state index in [1.165, 1.54) is 0 Å². The highest BCUT2D eigenvalue weighted by molar-refractivity contribution is 6.09. The van der Waals surface area contributed by atoms with Gasteiger partial charge in [-0.05, 0) is 48.7 Å². The SMILES string of the molecule is CN(C)C=CC=C1CC(C(C)(C)C)CC(=CC=CN(C)C)C1=O. The van der Waals surface area contributed by atoms with Crippen LogP contribution in [0.15, 0.2) is 47.9 Å². The molecule has 3 heteroatoms. The summed E-state index contributed by atoms with van der Waals surface area (Å²) in [5.74, 6) is 0.676. The molecule has 0 radical (unpaired) electrons. The lowest BCUT2D eigenvalue weighted by molar-refractivity contribution is -0.113. The number of hydrogen-bond donors (Lipinski definition) is 0. The number of allylic oxidation sites excluding steroid dienone is 6. The number of carbonyl (C=O) groups is 1. The maximum absolute atomic E-state index is 12.7. The molecule has 0 atom stereocenters. The van der Waals surface area contributed by atoms with Crippen LogP contribution in [0.3, 0.4) is 0 Å². The van der Waals surface area contributed by atoms with Gasteiger partial charge in [-0.15, -0.1) is 0 Å². The van der Waals surface area contributed by atoms with E-state index < -0.39 is 0 Å². The Balaban J connectivity index is 3.09. The Morgan fingerprint density at radius 2 is 1.26 bits per heavy atom. The third kappa shape index (κ3) is 6.47. The van der Waals surface area contributed by atoms with E-state index >= 15 is 0 Å². The Hall–Kier alpha value is -1.77. The highest BCUT2D eigenvalue weighted by Crippen LogP contribution is 2.40. The van der Waals surface area contributed by atoms with Gasteiger partial charge in [0.1, 0.15) is 0 Å². The topological polar surface area (TPSA) is 23.6 Å². The molecular weight excluding hydrogens is 284 g/mol. The smallest absolute Gasteiger partial charge is 0.185 e. The van der Waals surface area contributed by atoms with Crippen molar-refractivity contribution in [3.8, 4) is 0 Å². The lowest BCUT2D eigenvalue weighted by atomic mass is 9.69. The summed E-state index contributed by atoms with van der Waals surface area (Å²) in [6, 6.07) is 0. The van der Waals surface area contributed by atoms with Crippen LogP contribution in [-0.2, 0) is 4.79 Å². The minimum Gasteiger partial charge on any atom is -0.383 e. The second-order valence-electron chi connectivity index (χ2n) is 7.79. The molecule has 0 amide bonds. The van der Waals surface area contributed by atoms with Crippen LogP contribution in [0.1, 0.15) is 33.6 Å². The largest absolute Gasteiger partial charge is 0.383 e. The molecule has 0 N–H and O–H groups in total. The molecule has 1 aliphatic carbocycles. The van der Waals surface area contributed by atoms with Gasteiger partial charge in [-0.3, -0.25) is 4.79 Å². The Morgan fingerprint density at radius 1 is 0.870 bits per heavy atom. The van der Waals surface area contributed by atoms with Crippen LogP contribution in [0.25, 0.3) is 0 Å². The predicted octanol–water partition coefficient (Wildman–Crippen LogP) is 4.02. The van der Waals surface area contributed by atoms with Crippen LogP contribution in [0.4, 0.5) is 0 Å². The molecule has 1 saturated carbocycles. The molecule has 0 aromatic heterocycles. The zero-order chi connectivity index (χ0) is 17.6. The highest BCUT2D eigenvalue weighted by atomic mass is 16.1. The van der Waals surface area contributed by atoms with Gasteiger partial charge in [-0.1, -0.05) is 32.9 Å². The molecular formula is C20H32N2O. The van der Waals surface area contributed by atoms with Crippen molar-refractivity contribution in [1.29, 1.82) is 0 Å². The van der Waals surface area contributed by atoms with Crippen molar-refractivity contribution in [2.75, 3.05) is 28.2 Å². The normalized spacial score (nSPS) is 23.4. The molecule has 0 heterocycles. The summed E-state index contributed by atoms with van der Waals surface area (Å²) in [5.41, 5.74) is 2.02. The quantitative estimate of drug-likeness (QED) is 0.732. The fourth-order valence-corrected chi connectivity index (χ4v) is 2.56. The first-order valence-electron chi connectivity index (χ1n) is 8.23. The van der Waals surface area contributed by atoms with Gasteiger partial charge in [-0.2, -0.15) is 0 Å². The van der Waals surface area contributed by atoms with Gasteiger partial charge in [0.2, 0.25) is 0 Å². The van der Waals surface area contributed by atoms with E-state index in [1.807, 2.05) is 74.7 Å². The number of Topliss-reactive ketones (excluding diaryl/α,β-unsaturated/α-hetero) is 1. The number of nitrogens with zero attached hydrogens (tertiary/aromatic N) is 2. The van der Waals surface area contributed by atoms with E-state index in [0.717, 1.165) is 24.0 Å². The van der Waals surface area contributed by atoms with E-state index in [-0.39, 0.29) is 11.2 Å². The van der Waals surface area contributed by atoms with E-state index in [2.05, 4.69) is 20.8 Å². The number of hydrogen-bond acceptors (Lipinski definition) is 3. The minimum absolute atomic E-state index is 0.190. The maximum atomic E-state index is 12.7. The monoisotopic (exact) mass is 316 g/mol. The molecule has 0 bridgehead atoms. The van der Waals surface area contributed by atoms with Gasteiger partial charge in [0.15, 0.2) is 5.78 Å². The van der Waals surface area contributed by atoms with Crippen molar-refractivity contribution in [2.24, 2.45) is 11.3 Å². The summed E-state index contributed by atoms with van der Waals surface area (Å²) in [4.78, 5) is 16.7. The van der Waals surface area contributed by atoms with Gasteiger partial charge < -0.3 is 9.80 Å². The van der Waals surface area contributed by atoms with Crippen LogP contribution >= 0.6 is 0 Å². The average Bonchev–Trinajstić information content (AvgIpc) is 2.40. The summed E-state index contributed by atoms with van der Waals surface area (Å²) in [5, 5.41) is 0. The maximum Gasteiger partial charge on any atom is 0.185 e. The van der Waals surface area contributed by atoms with E-state index in [9.17, 15) is 4.79 Å². The lowest BCUT2D eigenvalue weighted by Crippen LogP contribution is -2.29. The molecule has 0 aliphatic heterocycles. The zero-order valence-electron chi connectivity index (χ0n) is 15.8. The molecule has 1 aliphatic rings. The highest BCUT2D eigenvalue weighted by Gasteiger charge is 2.33. The Bertz CT molecular complexity index is 488. The summed E-state index contributed by atoms with van der Waals surface area (Å²) in [6.45, 7) is 6.77. The minimum atomic E-state index is 0.190. The van der Waals surface area contributed by atoms with Gasteiger partial charge in [0.25, 0.3) is 0 Å². The first-order valence-corrected chi connectivity index (χ1v) is 8.23. The molecule has 0 saturated heterocycles. The second kappa shape index (κ2) is 8.19. The van der Waals surface area contributed by atoms with E-state index in [1.54, 1.807) is 0 Å². The van der Waals surface area contributed by atoms with Crippen LogP contribution in [0, 0.1) is 11.3 Å².